The zero-order valence-electron chi connectivity index (χ0n) is 9.74. The van der Waals surface area contributed by atoms with Crippen LogP contribution in [0, 0.1) is 0 Å². The number of aromatic nitrogens is 1. The molecular formula is C11H18BrN3O. The first-order valence-corrected chi connectivity index (χ1v) is 6.05. The van der Waals surface area contributed by atoms with Crippen molar-refractivity contribution in [1.82, 2.24) is 9.88 Å². The summed E-state index contributed by atoms with van der Waals surface area (Å²) in [5.74, 6) is 0.643. The van der Waals surface area contributed by atoms with Gasteiger partial charge in [-0.3, -0.25) is 0 Å². The van der Waals surface area contributed by atoms with Crippen LogP contribution in [0.5, 0.6) is 5.88 Å². The van der Waals surface area contributed by atoms with Crippen LogP contribution in [0.15, 0.2) is 16.7 Å². The van der Waals surface area contributed by atoms with Gasteiger partial charge in [-0.15, -0.1) is 0 Å². The minimum absolute atomic E-state index is 0.440. The summed E-state index contributed by atoms with van der Waals surface area (Å²) < 4.78 is 6.52. The molecule has 4 nitrogen and oxygen atoms in total. The molecule has 0 aliphatic heterocycles. The fraction of sp³-hybridized carbons (Fsp3) is 0.545. The predicted octanol–water partition coefficient (Wildman–Crippen LogP) is 1.63. The van der Waals surface area contributed by atoms with Crippen LogP contribution in [-0.2, 0) is 6.54 Å². The molecule has 0 bridgehead atoms. The molecule has 16 heavy (non-hydrogen) atoms. The van der Waals surface area contributed by atoms with E-state index in [2.05, 4.69) is 25.8 Å². The predicted molar refractivity (Wildman–Crippen MR) is 68.5 cm³/mol. The van der Waals surface area contributed by atoms with Crippen molar-refractivity contribution < 1.29 is 4.74 Å². The number of pyridine rings is 1. The summed E-state index contributed by atoms with van der Waals surface area (Å²) in [5.41, 5.74) is 6.55. The number of rotatable bonds is 6. The first-order valence-electron chi connectivity index (χ1n) is 5.25. The lowest BCUT2D eigenvalue weighted by Gasteiger charge is -2.11. The fourth-order valence-electron chi connectivity index (χ4n) is 1.29. The van der Waals surface area contributed by atoms with Crippen LogP contribution in [0.1, 0.15) is 12.0 Å². The molecule has 0 spiro atoms. The molecule has 0 saturated heterocycles. The van der Waals surface area contributed by atoms with E-state index in [4.69, 9.17) is 10.5 Å². The van der Waals surface area contributed by atoms with Gasteiger partial charge in [-0.2, -0.15) is 0 Å². The van der Waals surface area contributed by atoms with Gasteiger partial charge in [0.25, 0.3) is 0 Å². The minimum atomic E-state index is 0.440. The Bertz CT molecular complexity index is 331. The minimum Gasteiger partial charge on any atom is -0.477 e. The first-order chi connectivity index (χ1) is 7.63. The maximum Gasteiger partial charge on any atom is 0.217 e. The van der Waals surface area contributed by atoms with Crippen molar-refractivity contribution in [2.24, 2.45) is 5.73 Å². The van der Waals surface area contributed by atoms with Crippen LogP contribution in [0.3, 0.4) is 0 Å². The lowest BCUT2D eigenvalue weighted by molar-refractivity contribution is 0.271. The van der Waals surface area contributed by atoms with E-state index in [0.717, 1.165) is 23.0 Å². The molecule has 0 aliphatic carbocycles. The Morgan fingerprint density at radius 3 is 2.88 bits per heavy atom. The molecular weight excluding hydrogens is 270 g/mol. The lowest BCUT2D eigenvalue weighted by Crippen LogP contribution is -2.16. The Balaban J connectivity index is 2.47. The molecule has 2 N–H and O–H groups in total. The molecule has 5 heteroatoms. The third kappa shape index (κ3) is 4.47. The van der Waals surface area contributed by atoms with E-state index >= 15 is 0 Å². The highest BCUT2D eigenvalue weighted by atomic mass is 79.9. The topological polar surface area (TPSA) is 51.4 Å². The summed E-state index contributed by atoms with van der Waals surface area (Å²) in [7, 11) is 4.09. The summed E-state index contributed by atoms with van der Waals surface area (Å²) in [6.45, 7) is 2.11. The van der Waals surface area contributed by atoms with Crippen LogP contribution in [-0.4, -0.2) is 37.1 Å². The Morgan fingerprint density at radius 2 is 2.25 bits per heavy atom. The zero-order valence-corrected chi connectivity index (χ0v) is 11.3. The summed E-state index contributed by atoms with van der Waals surface area (Å²) >= 11 is 3.36. The highest BCUT2D eigenvalue weighted by Gasteiger charge is 2.04. The third-order valence-corrected chi connectivity index (χ3v) is 2.53. The molecule has 1 rings (SSSR count). The van der Waals surface area contributed by atoms with Crippen molar-refractivity contribution in [3.63, 3.8) is 0 Å². The average molecular weight is 288 g/mol. The highest BCUT2D eigenvalue weighted by Crippen LogP contribution is 2.19. The van der Waals surface area contributed by atoms with E-state index in [1.165, 1.54) is 0 Å². The second-order valence-corrected chi connectivity index (χ2v) is 4.74. The number of nitrogens with two attached hydrogens (primary N) is 1. The quantitative estimate of drug-likeness (QED) is 0.808. The number of hydrogen-bond acceptors (Lipinski definition) is 4. The van der Waals surface area contributed by atoms with E-state index in [1.54, 1.807) is 6.20 Å². The Morgan fingerprint density at radius 1 is 1.50 bits per heavy atom. The van der Waals surface area contributed by atoms with Gasteiger partial charge in [0.2, 0.25) is 5.88 Å². The maximum atomic E-state index is 5.62. The zero-order chi connectivity index (χ0) is 12.0. The molecule has 0 fully saturated rings. The highest BCUT2D eigenvalue weighted by molar-refractivity contribution is 9.10. The van der Waals surface area contributed by atoms with Crippen molar-refractivity contribution in [3.8, 4) is 5.88 Å². The Hall–Kier alpha value is -0.650. The second kappa shape index (κ2) is 6.83. The van der Waals surface area contributed by atoms with Crippen molar-refractivity contribution in [1.29, 1.82) is 0 Å². The standard InChI is InChI=1S/C11H18BrN3O/c1-15(2)4-3-5-16-11-9(7-13)6-10(12)8-14-11/h6,8H,3-5,7,13H2,1-2H3. The summed E-state index contributed by atoms with van der Waals surface area (Å²) in [6, 6.07) is 1.94. The molecule has 0 unspecified atom stereocenters. The van der Waals surface area contributed by atoms with Crippen LogP contribution in [0.4, 0.5) is 0 Å². The molecule has 0 aromatic carbocycles. The smallest absolute Gasteiger partial charge is 0.217 e. The number of hydrogen-bond donors (Lipinski definition) is 1. The lowest BCUT2D eigenvalue weighted by atomic mass is 10.3. The van der Waals surface area contributed by atoms with Gasteiger partial charge in [-0.05, 0) is 42.5 Å². The van der Waals surface area contributed by atoms with Gasteiger partial charge in [0.1, 0.15) is 0 Å². The van der Waals surface area contributed by atoms with Crippen molar-refractivity contribution >= 4 is 15.9 Å². The van der Waals surface area contributed by atoms with Crippen LogP contribution < -0.4 is 10.5 Å². The van der Waals surface area contributed by atoms with Crippen molar-refractivity contribution in [2.75, 3.05) is 27.2 Å². The summed E-state index contributed by atoms with van der Waals surface area (Å²) in [6.07, 6.45) is 2.70. The van der Waals surface area contributed by atoms with Crippen LogP contribution in [0.2, 0.25) is 0 Å². The number of halogens is 1. The van der Waals surface area contributed by atoms with Gasteiger partial charge in [-0.1, -0.05) is 0 Å². The summed E-state index contributed by atoms with van der Waals surface area (Å²) in [5, 5.41) is 0. The summed E-state index contributed by atoms with van der Waals surface area (Å²) in [4.78, 5) is 6.33. The number of ether oxygens (including phenoxy) is 1. The fourth-order valence-corrected chi connectivity index (χ4v) is 1.67. The van der Waals surface area contributed by atoms with Gasteiger partial charge in [0, 0.05) is 29.3 Å². The molecule has 0 radical (unpaired) electrons. The van der Waals surface area contributed by atoms with E-state index in [0.29, 0.717) is 19.0 Å². The van der Waals surface area contributed by atoms with Crippen molar-refractivity contribution in [2.45, 2.75) is 13.0 Å². The number of nitrogens with zero attached hydrogens (tertiary/aromatic N) is 2. The monoisotopic (exact) mass is 287 g/mol. The molecule has 1 heterocycles. The van der Waals surface area contributed by atoms with Gasteiger partial charge >= 0.3 is 0 Å². The van der Waals surface area contributed by atoms with E-state index in [9.17, 15) is 0 Å². The average Bonchev–Trinajstić information content (AvgIpc) is 2.25. The molecule has 90 valence electrons. The van der Waals surface area contributed by atoms with Crippen LogP contribution in [0.25, 0.3) is 0 Å². The third-order valence-electron chi connectivity index (χ3n) is 2.10. The molecule has 0 atom stereocenters. The van der Waals surface area contributed by atoms with E-state index < -0.39 is 0 Å². The normalized spacial score (nSPS) is 10.8. The SMILES string of the molecule is CN(C)CCCOc1ncc(Br)cc1CN. The largest absolute Gasteiger partial charge is 0.477 e. The maximum absolute atomic E-state index is 5.62. The molecule has 1 aromatic rings. The van der Waals surface area contributed by atoms with Gasteiger partial charge in [-0.25, -0.2) is 4.98 Å². The van der Waals surface area contributed by atoms with Crippen LogP contribution >= 0.6 is 15.9 Å². The van der Waals surface area contributed by atoms with Gasteiger partial charge in [0.15, 0.2) is 0 Å². The second-order valence-electron chi connectivity index (χ2n) is 3.83. The Kier molecular flexibility index (Phi) is 5.73. The molecule has 0 aliphatic rings. The van der Waals surface area contributed by atoms with Gasteiger partial charge in [0.05, 0.1) is 6.61 Å². The van der Waals surface area contributed by atoms with E-state index in [-0.39, 0.29) is 0 Å². The molecule has 0 saturated carbocycles. The molecule has 1 aromatic heterocycles. The molecule has 0 amide bonds. The first kappa shape index (κ1) is 13.4. The van der Waals surface area contributed by atoms with Crippen molar-refractivity contribution in [3.05, 3.63) is 22.3 Å². The van der Waals surface area contributed by atoms with Gasteiger partial charge < -0.3 is 15.4 Å². The van der Waals surface area contributed by atoms with E-state index in [1.807, 2.05) is 20.2 Å². The Labute approximate surface area is 105 Å².